The molecule has 0 amide bonds. The second-order valence-corrected chi connectivity index (χ2v) is 5.58. The monoisotopic (exact) mass is 343 g/mol. The maximum Gasteiger partial charge on any atom is 0.573 e. The van der Waals surface area contributed by atoms with E-state index >= 15 is 0 Å². The van der Waals surface area contributed by atoms with Gasteiger partial charge in [0, 0.05) is 0 Å². The van der Waals surface area contributed by atoms with Gasteiger partial charge in [-0.25, -0.2) is 0 Å². The van der Waals surface area contributed by atoms with Gasteiger partial charge in [-0.15, -0.1) is 13.2 Å². The van der Waals surface area contributed by atoms with Crippen molar-refractivity contribution in [3.05, 3.63) is 90.0 Å². The Balaban J connectivity index is 1.75. The molecule has 0 heterocycles. The van der Waals surface area contributed by atoms with Crippen molar-refractivity contribution < 1.29 is 17.9 Å². The number of alkyl halides is 3. The topological polar surface area (TPSA) is 35.2 Å². The minimum Gasteiger partial charge on any atom is -0.406 e. The van der Waals surface area contributed by atoms with Gasteiger partial charge >= 0.3 is 6.36 Å². The minimum atomic E-state index is -4.70. The fourth-order valence-electron chi connectivity index (χ4n) is 2.58. The number of nitrogens with two attached hydrogens (primary N) is 1. The van der Waals surface area contributed by atoms with Crippen molar-refractivity contribution in [1.29, 1.82) is 0 Å². The molecular weight excluding hydrogens is 327 g/mol. The molecule has 0 spiro atoms. The Morgan fingerprint density at radius 1 is 0.680 bits per heavy atom. The highest BCUT2D eigenvalue weighted by Gasteiger charge is 2.31. The average molecular weight is 343 g/mol. The molecular formula is C20H16F3NO. The maximum absolute atomic E-state index is 12.2. The molecule has 0 radical (unpaired) electrons. The number of halogens is 3. The van der Waals surface area contributed by atoms with Gasteiger partial charge in [0.2, 0.25) is 0 Å². The Hall–Kier alpha value is -2.79. The van der Waals surface area contributed by atoms with Gasteiger partial charge in [0.05, 0.1) is 6.04 Å². The molecule has 0 aliphatic carbocycles. The van der Waals surface area contributed by atoms with Gasteiger partial charge < -0.3 is 10.5 Å². The smallest absolute Gasteiger partial charge is 0.406 e. The van der Waals surface area contributed by atoms with Crippen molar-refractivity contribution in [2.24, 2.45) is 5.73 Å². The second-order valence-electron chi connectivity index (χ2n) is 5.58. The summed E-state index contributed by atoms with van der Waals surface area (Å²) in [6.07, 6.45) is -4.70. The van der Waals surface area contributed by atoms with Gasteiger partial charge in [0.1, 0.15) is 5.75 Å². The molecule has 5 heteroatoms. The predicted molar refractivity (Wildman–Crippen MR) is 91.0 cm³/mol. The molecule has 0 saturated heterocycles. The molecule has 3 rings (SSSR count). The van der Waals surface area contributed by atoms with Crippen LogP contribution in [0.2, 0.25) is 0 Å². The van der Waals surface area contributed by atoms with Gasteiger partial charge in [-0.2, -0.15) is 0 Å². The Bertz CT molecular complexity index is 812. The quantitative estimate of drug-likeness (QED) is 0.698. The summed E-state index contributed by atoms with van der Waals surface area (Å²) >= 11 is 0. The normalized spacial score (nSPS) is 12.6. The highest BCUT2D eigenvalue weighted by molar-refractivity contribution is 5.63. The molecule has 3 aromatic carbocycles. The molecule has 1 atom stereocenters. The molecule has 0 aromatic heterocycles. The zero-order valence-corrected chi connectivity index (χ0v) is 13.2. The molecule has 0 aliphatic rings. The zero-order valence-electron chi connectivity index (χ0n) is 13.2. The lowest BCUT2D eigenvalue weighted by Crippen LogP contribution is -2.17. The molecule has 3 aromatic rings. The van der Waals surface area contributed by atoms with E-state index < -0.39 is 12.4 Å². The first-order valence-electron chi connectivity index (χ1n) is 7.69. The first-order valence-corrected chi connectivity index (χ1v) is 7.69. The minimum absolute atomic E-state index is 0.261. The van der Waals surface area contributed by atoms with Crippen LogP contribution in [-0.2, 0) is 0 Å². The van der Waals surface area contributed by atoms with Gasteiger partial charge in [-0.1, -0.05) is 66.7 Å². The number of hydrogen-bond donors (Lipinski definition) is 1. The molecule has 0 unspecified atom stereocenters. The van der Waals surface area contributed by atoms with Crippen molar-refractivity contribution in [2.75, 3.05) is 0 Å². The number of rotatable bonds is 4. The zero-order chi connectivity index (χ0) is 17.9. The molecule has 2 nitrogen and oxygen atoms in total. The third-order valence-electron chi connectivity index (χ3n) is 3.85. The largest absolute Gasteiger partial charge is 0.573 e. The Morgan fingerprint density at radius 3 is 1.68 bits per heavy atom. The number of hydrogen-bond acceptors (Lipinski definition) is 2. The van der Waals surface area contributed by atoms with Crippen LogP contribution >= 0.6 is 0 Å². The van der Waals surface area contributed by atoms with E-state index in [1.807, 2.05) is 54.6 Å². The third kappa shape index (κ3) is 4.39. The number of benzene rings is 3. The summed E-state index contributed by atoms with van der Waals surface area (Å²) in [5.41, 5.74) is 9.99. The van der Waals surface area contributed by atoms with Crippen LogP contribution in [0.5, 0.6) is 5.75 Å². The van der Waals surface area contributed by atoms with E-state index in [0.29, 0.717) is 5.56 Å². The van der Waals surface area contributed by atoms with Crippen LogP contribution < -0.4 is 10.5 Å². The molecule has 0 aliphatic heterocycles. The standard InChI is InChI=1S/C20H16F3NO/c21-20(22,23)25-18-12-10-17(11-13-18)19(24)16-8-6-15(7-9-16)14-4-2-1-3-5-14/h1-13,19H,24H2/t19-/m1/s1. The van der Waals surface area contributed by atoms with E-state index in [9.17, 15) is 13.2 Å². The third-order valence-corrected chi connectivity index (χ3v) is 3.85. The highest BCUT2D eigenvalue weighted by atomic mass is 19.4. The van der Waals surface area contributed by atoms with Gasteiger partial charge in [-0.3, -0.25) is 0 Å². The Morgan fingerprint density at radius 2 is 1.16 bits per heavy atom. The van der Waals surface area contributed by atoms with Gasteiger partial charge in [-0.05, 0) is 34.4 Å². The summed E-state index contributed by atoms with van der Waals surface area (Å²) in [5.74, 6) is -0.261. The molecule has 2 N–H and O–H groups in total. The summed E-state index contributed by atoms with van der Waals surface area (Å²) in [4.78, 5) is 0. The van der Waals surface area contributed by atoms with E-state index in [2.05, 4.69) is 4.74 Å². The second kappa shape index (κ2) is 6.99. The van der Waals surface area contributed by atoms with Crippen molar-refractivity contribution in [2.45, 2.75) is 12.4 Å². The van der Waals surface area contributed by atoms with E-state index in [1.54, 1.807) is 0 Å². The van der Waals surface area contributed by atoms with E-state index in [-0.39, 0.29) is 5.75 Å². The van der Waals surface area contributed by atoms with Crippen LogP contribution in [0.25, 0.3) is 11.1 Å². The molecule has 0 bridgehead atoms. The fourth-order valence-corrected chi connectivity index (χ4v) is 2.58. The van der Waals surface area contributed by atoms with Gasteiger partial charge in [0.25, 0.3) is 0 Å². The van der Waals surface area contributed by atoms with Crippen LogP contribution in [0.15, 0.2) is 78.9 Å². The predicted octanol–water partition coefficient (Wildman–Crippen LogP) is 5.30. The first kappa shape index (κ1) is 17.0. The van der Waals surface area contributed by atoms with Crippen molar-refractivity contribution >= 4 is 0 Å². The van der Waals surface area contributed by atoms with E-state index in [4.69, 9.17) is 5.73 Å². The number of ether oxygens (including phenoxy) is 1. The lowest BCUT2D eigenvalue weighted by molar-refractivity contribution is -0.274. The molecule has 128 valence electrons. The Labute approximate surface area is 143 Å². The summed E-state index contributed by atoms with van der Waals surface area (Å²) in [6, 6.07) is 22.9. The van der Waals surface area contributed by atoms with Crippen molar-refractivity contribution in [3.8, 4) is 16.9 Å². The summed E-state index contributed by atoms with van der Waals surface area (Å²) in [5, 5.41) is 0. The first-order chi connectivity index (χ1) is 11.9. The van der Waals surface area contributed by atoms with E-state index in [1.165, 1.54) is 24.3 Å². The summed E-state index contributed by atoms with van der Waals surface area (Å²) < 4.78 is 40.5. The van der Waals surface area contributed by atoms with E-state index in [0.717, 1.165) is 16.7 Å². The summed E-state index contributed by atoms with van der Waals surface area (Å²) in [7, 11) is 0. The van der Waals surface area contributed by atoms with Crippen LogP contribution in [0, 0.1) is 0 Å². The van der Waals surface area contributed by atoms with Crippen LogP contribution in [0.3, 0.4) is 0 Å². The Kier molecular flexibility index (Phi) is 4.76. The van der Waals surface area contributed by atoms with Crippen molar-refractivity contribution in [1.82, 2.24) is 0 Å². The summed E-state index contributed by atoms with van der Waals surface area (Å²) in [6.45, 7) is 0. The average Bonchev–Trinajstić information content (AvgIpc) is 2.61. The van der Waals surface area contributed by atoms with Crippen molar-refractivity contribution in [3.63, 3.8) is 0 Å². The lowest BCUT2D eigenvalue weighted by Gasteiger charge is -2.15. The van der Waals surface area contributed by atoms with Crippen LogP contribution in [-0.4, -0.2) is 6.36 Å². The SMILES string of the molecule is N[C@@H](c1ccc(OC(F)(F)F)cc1)c1ccc(-c2ccccc2)cc1. The van der Waals surface area contributed by atoms with Crippen LogP contribution in [0.4, 0.5) is 13.2 Å². The highest BCUT2D eigenvalue weighted by Crippen LogP contribution is 2.27. The maximum atomic E-state index is 12.2. The lowest BCUT2D eigenvalue weighted by atomic mass is 9.97. The molecule has 25 heavy (non-hydrogen) atoms. The van der Waals surface area contributed by atoms with Gasteiger partial charge in [0.15, 0.2) is 0 Å². The molecule has 0 fully saturated rings. The van der Waals surface area contributed by atoms with Crippen LogP contribution in [0.1, 0.15) is 17.2 Å². The molecule has 0 saturated carbocycles. The fraction of sp³-hybridized carbons (Fsp3) is 0.100.